The van der Waals surface area contributed by atoms with Crippen LogP contribution in [0.2, 0.25) is 0 Å². The molecule has 0 aromatic heterocycles. The third-order valence-electron chi connectivity index (χ3n) is 2.88. The Labute approximate surface area is 104 Å². The highest BCUT2D eigenvalue weighted by Crippen LogP contribution is 2.23. The van der Waals surface area contributed by atoms with E-state index >= 15 is 0 Å². The van der Waals surface area contributed by atoms with Gasteiger partial charge in [-0.3, -0.25) is 0 Å². The highest BCUT2D eigenvalue weighted by atomic mass is 16.7. The van der Waals surface area contributed by atoms with Crippen LogP contribution in [0.1, 0.15) is 6.92 Å². The van der Waals surface area contributed by atoms with Crippen LogP contribution in [0.5, 0.6) is 0 Å². The van der Waals surface area contributed by atoms with Gasteiger partial charge in [0.1, 0.15) is 30.5 Å². The Morgan fingerprint density at radius 1 is 1.11 bits per heavy atom. The summed E-state index contributed by atoms with van der Waals surface area (Å²) in [6.07, 6.45) is -9.02. The summed E-state index contributed by atoms with van der Waals surface area (Å²) in [5.41, 5.74) is 0. The van der Waals surface area contributed by atoms with Gasteiger partial charge in [-0.1, -0.05) is 0 Å². The van der Waals surface area contributed by atoms with Crippen LogP contribution in [0.4, 0.5) is 0 Å². The molecule has 0 bridgehead atoms. The Kier molecular flexibility index (Phi) is 5.89. The van der Waals surface area contributed by atoms with Crippen molar-refractivity contribution in [2.75, 3.05) is 13.2 Å². The van der Waals surface area contributed by atoms with Crippen LogP contribution < -0.4 is 0 Å². The lowest BCUT2D eigenvalue weighted by molar-refractivity contribution is -0.318. The number of ether oxygens (including phenoxy) is 2. The monoisotopic (exact) mass is 268 g/mol. The number of rotatable bonds is 5. The molecule has 6 N–H and O–H groups in total. The van der Waals surface area contributed by atoms with Crippen molar-refractivity contribution in [1.29, 1.82) is 0 Å². The molecule has 0 spiro atoms. The van der Waals surface area contributed by atoms with E-state index in [2.05, 4.69) is 0 Å². The van der Waals surface area contributed by atoms with Gasteiger partial charge in [0, 0.05) is 0 Å². The molecule has 18 heavy (non-hydrogen) atoms. The van der Waals surface area contributed by atoms with Gasteiger partial charge < -0.3 is 40.1 Å². The fourth-order valence-corrected chi connectivity index (χ4v) is 1.66. The van der Waals surface area contributed by atoms with Gasteiger partial charge in [-0.05, 0) is 6.92 Å². The molecule has 8 heteroatoms. The summed E-state index contributed by atoms with van der Waals surface area (Å²) in [5, 5.41) is 55.9. The zero-order valence-electron chi connectivity index (χ0n) is 9.96. The summed E-state index contributed by atoms with van der Waals surface area (Å²) in [6.45, 7) is 0.306. The molecule has 0 radical (unpaired) electrons. The van der Waals surface area contributed by atoms with Crippen molar-refractivity contribution in [1.82, 2.24) is 0 Å². The first-order valence-corrected chi connectivity index (χ1v) is 5.67. The number of hydrogen-bond donors (Lipinski definition) is 6. The molecule has 0 amide bonds. The molecular weight excluding hydrogens is 248 g/mol. The van der Waals surface area contributed by atoms with Crippen LogP contribution in [-0.4, -0.2) is 86.8 Å². The lowest BCUT2D eigenvalue weighted by atomic mass is 9.99. The third kappa shape index (κ3) is 3.37. The lowest BCUT2D eigenvalue weighted by Crippen LogP contribution is -2.60. The van der Waals surface area contributed by atoms with Crippen LogP contribution in [0, 0.1) is 0 Å². The van der Waals surface area contributed by atoms with E-state index in [1.807, 2.05) is 0 Å². The van der Waals surface area contributed by atoms with E-state index < -0.39 is 56.1 Å². The van der Waals surface area contributed by atoms with E-state index in [4.69, 9.17) is 19.7 Å². The summed E-state index contributed by atoms with van der Waals surface area (Å²) in [5.74, 6) is 0. The highest BCUT2D eigenvalue weighted by molar-refractivity contribution is 4.89. The van der Waals surface area contributed by atoms with Gasteiger partial charge in [-0.2, -0.15) is 0 Å². The lowest BCUT2D eigenvalue weighted by Gasteiger charge is -2.40. The number of hydrogen-bond acceptors (Lipinski definition) is 8. The standard InChI is InChI=1S/C10H20O8/c1-4(13)5(2-11)17-10-9(16)8(15)7(14)6(3-12)18-10/h4-16H,2-3H2,1H3/t4-,5+,6-,7-,8+,9-,10-/m1/s1. The van der Waals surface area contributed by atoms with Gasteiger partial charge in [0.15, 0.2) is 6.29 Å². The van der Waals surface area contributed by atoms with E-state index in [-0.39, 0.29) is 0 Å². The quantitative estimate of drug-likeness (QED) is 0.302. The van der Waals surface area contributed by atoms with Crippen molar-refractivity contribution in [3.63, 3.8) is 0 Å². The zero-order valence-corrected chi connectivity index (χ0v) is 9.96. The maximum absolute atomic E-state index is 9.64. The minimum Gasteiger partial charge on any atom is -0.394 e. The van der Waals surface area contributed by atoms with Crippen molar-refractivity contribution >= 4 is 0 Å². The molecule has 7 atom stereocenters. The van der Waals surface area contributed by atoms with Gasteiger partial charge in [0.2, 0.25) is 0 Å². The topological polar surface area (TPSA) is 140 Å². The van der Waals surface area contributed by atoms with Crippen LogP contribution in [0.3, 0.4) is 0 Å². The molecule has 0 unspecified atom stereocenters. The second-order valence-corrected chi connectivity index (χ2v) is 4.29. The van der Waals surface area contributed by atoms with Crippen LogP contribution in [-0.2, 0) is 9.47 Å². The number of aliphatic hydroxyl groups excluding tert-OH is 6. The molecule has 1 heterocycles. The predicted octanol–water partition coefficient (Wildman–Crippen LogP) is -3.46. The summed E-state index contributed by atoms with van der Waals surface area (Å²) in [4.78, 5) is 0. The highest BCUT2D eigenvalue weighted by Gasteiger charge is 2.45. The fraction of sp³-hybridized carbons (Fsp3) is 1.00. The fourth-order valence-electron chi connectivity index (χ4n) is 1.66. The maximum atomic E-state index is 9.64. The Bertz CT molecular complexity index is 246. The van der Waals surface area contributed by atoms with E-state index in [0.29, 0.717) is 0 Å². The minimum atomic E-state index is -1.55. The van der Waals surface area contributed by atoms with Crippen LogP contribution in [0.25, 0.3) is 0 Å². The molecule has 1 rings (SSSR count). The summed E-state index contributed by atoms with van der Waals surface area (Å²) < 4.78 is 10.2. The average Bonchev–Trinajstić information content (AvgIpc) is 2.35. The molecule has 1 aliphatic rings. The Morgan fingerprint density at radius 3 is 2.17 bits per heavy atom. The van der Waals surface area contributed by atoms with Gasteiger partial charge in [-0.15, -0.1) is 0 Å². The molecule has 0 aromatic rings. The van der Waals surface area contributed by atoms with Gasteiger partial charge in [0.25, 0.3) is 0 Å². The Hall–Kier alpha value is -0.320. The van der Waals surface area contributed by atoms with Crippen molar-refractivity contribution < 1.29 is 40.1 Å². The van der Waals surface area contributed by atoms with Crippen molar-refractivity contribution in [2.24, 2.45) is 0 Å². The summed E-state index contributed by atoms with van der Waals surface area (Å²) >= 11 is 0. The molecule has 8 nitrogen and oxygen atoms in total. The molecular formula is C10H20O8. The predicted molar refractivity (Wildman–Crippen MR) is 57.4 cm³/mol. The summed E-state index contributed by atoms with van der Waals surface area (Å²) in [6, 6.07) is 0. The van der Waals surface area contributed by atoms with Gasteiger partial charge in [0.05, 0.1) is 19.3 Å². The molecule has 1 saturated heterocycles. The first-order valence-electron chi connectivity index (χ1n) is 5.67. The van der Waals surface area contributed by atoms with E-state index in [0.717, 1.165) is 0 Å². The molecule has 1 aliphatic heterocycles. The first kappa shape index (κ1) is 15.7. The minimum absolute atomic E-state index is 0.507. The zero-order chi connectivity index (χ0) is 13.9. The van der Waals surface area contributed by atoms with Gasteiger partial charge in [-0.25, -0.2) is 0 Å². The Morgan fingerprint density at radius 2 is 1.72 bits per heavy atom. The summed E-state index contributed by atoms with van der Waals surface area (Å²) in [7, 11) is 0. The van der Waals surface area contributed by atoms with Crippen molar-refractivity contribution in [3.8, 4) is 0 Å². The van der Waals surface area contributed by atoms with Crippen molar-refractivity contribution in [3.05, 3.63) is 0 Å². The second-order valence-electron chi connectivity index (χ2n) is 4.29. The van der Waals surface area contributed by atoms with Gasteiger partial charge >= 0.3 is 0 Å². The third-order valence-corrected chi connectivity index (χ3v) is 2.88. The SMILES string of the molecule is C[C@@H](O)[C@H](CO)O[C@@H]1O[C@H](CO)[C@@H](O)[C@H](O)[C@H]1O. The molecule has 0 aromatic carbocycles. The maximum Gasteiger partial charge on any atom is 0.187 e. The van der Waals surface area contributed by atoms with Crippen molar-refractivity contribution in [2.45, 2.75) is 49.8 Å². The molecule has 0 saturated carbocycles. The van der Waals surface area contributed by atoms with Crippen LogP contribution >= 0.6 is 0 Å². The van der Waals surface area contributed by atoms with E-state index in [1.165, 1.54) is 6.92 Å². The first-order chi connectivity index (χ1) is 8.42. The average molecular weight is 268 g/mol. The molecule has 0 aliphatic carbocycles. The van der Waals surface area contributed by atoms with Crippen LogP contribution in [0.15, 0.2) is 0 Å². The largest absolute Gasteiger partial charge is 0.394 e. The molecule has 108 valence electrons. The number of aliphatic hydroxyl groups is 6. The second kappa shape index (κ2) is 6.73. The molecule has 1 fully saturated rings. The van der Waals surface area contributed by atoms with E-state index in [1.54, 1.807) is 0 Å². The van der Waals surface area contributed by atoms with E-state index in [9.17, 15) is 20.4 Å². The Balaban J connectivity index is 2.69. The normalized spacial score (nSPS) is 40.5. The smallest absolute Gasteiger partial charge is 0.187 e.